The molecule has 0 amide bonds. The highest BCUT2D eigenvalue weighted by Gasteiger charge is 2.17. The van der Waals surface area contributed by atoms with Gasteiger partial charge in [0, 0.05) is 23.7 Å². The van der Waals surface area contributed by atoms with E-state index < -0.39 is 12.0 Å². The van der Waals surface area contributed by atoms with E-state index in [1.807, 2.05) is 44.2 Å². The van der Waals surface area contributed by atoms with Crippen molar-refractivity contribution in [3.63, 3.8) is 0 Å². The van der Waals surface area contributed by atoms with Gasteiger partial charge in [0.15, 0.2) is 11.5 Å². The van der Waals surface area contributed by atoms with Crippen molar-refractivity contribution in [2.24, 2.45) is 4.99 Å². The molecule has 1 unspecified atom stereocenters. The zero-order chi connectivity index (χ0) is 26.4. The van der Waals surface area contributed by atoms with Crippen molar-refractivity contribution in [3.8, 4) is 11.5 Å². The van der Waals surface area contributed by atoms with Gasteiger partial charge in [-0.3, -0.25) is 4.90 Å². The second-order valence-corrected chi connectivity index (χ2v) is 9.15. The third-order valence-corrected chi connectivity index (χ3v) is 6.43. The predicted octanol–water partition coefficient (Wildman–Crippen LogP) is 4.08. The van der Waals surface area contributed by atoms with Crippen molar-refractivity contribution in [2.75, 3.05) is 44.0 Å². The number of para-hydroxylation sites is 1. The van der Waals surface area contributed by atoms with Crippen LogP contribution in [0.4, 0.5) is 11.5 Å². The van der Waals surface area contributed by atoms with E-state index >= 15 is 0 Å². The number of benzene rings is 2. The Labute approximate surface area is 216 Å². The van der Waals surface area contributed by atoms with Crippen molar-refractivity contribution in [1.29, 1.82) is 0 Å². The van der Waals surface area contributed by atoms with Gasteiger partial charge in [0.05, 0.1) is 12.6 Å². The molecule has 1 atom stereocenters. The highest BCUT2D eigenvalue weighted by Crippen LogP contribution is 2.34. The topological polar surface area (TPSA) is 121 Å². The molecular formula is C27H34N6O4. The number of aryl methyl sites for hydroxylation is 2. The van der Waals surface area contributed by atoms with Crippen LogP contribution in [0.3, 0.4) is 0 Å². The van der Waals surface area contributed by atoms with Gasteiger partial charge in [0.25, 0.3) is 0 Å². The fourth-order valence-corrected chi connectivity index (χ4v) is 4.31. The molecule has 1 fully saturated rings. The van der Waals surface area contributed by atoms with Crippen LogP contribution in [0.25, 0.3) is 10.9 Å². The molecular weight excluding hydrogens is 472 g/mol. The van der Waals surface area contributed by atoms with E-state index in [2.05, 4.69) is 30.5 Å². The van der Waals surface area contributed by atoms with Gasteiger partial charge in [-0.1, -0.05) is 18.2 Å². The minimum atomic E-state index is -1.03. The minimum absolute atomic E-state index is 0.261. The maximum Gasteiger partial charge on any atom is 0.328 e. The van der Waals surface area contributed by atoms with Crippen LogP contribution >= 0.6 is 0 Å². The van der Waals surface area contributed by atoms with E-state index in [0.29, 0.717) is 34.8 Å². The van der Waals surface area contributed by atoms with Crippen LogP contribution in [-0.4, -0.2) is 71.3 Å². The number of nitrogens with one attached hydrogen (secondary N) is 2. The molecule has 10 heteroatoms. The van der Waals surface area contributed by atoms with Crippen LogP contribution in [0.2, 0.25) is 0 Å². The Balaban J connectivity index is 1.63. The van der Waals surface area contributed by atoms with E-state index in [0.717, 1.165) is 36.4 Å². The molecule has 2 heterocycles. The van der Waals surface area contributed by atoms with Gasteiger partial charge in [0.2, 0.25) is 5.96 Å². The number of carboxylic acid groups (broad SMARTS) is 1. The first kappa shape index (κ1) is 26.2. The molecule has 0 spiro atoms. The van der Waals surface area contributed by atoms with Crippen LogP contribution in [0.1, 0.15) is 30.9 Å². The minimum Gasteiger partial charge on any atom is -0.493 e. The SMILES string of the molecule is COc1cc2c(NC(=NC(C)C(=O)O)Nc3c(C)cccc3C)ncnc2cc1OCCN1CCCC1. The molecule has 1 aliphatic heterocycles. The highest BCUT2D eigenvalue weighted by molar-refractivity contribution is 6.08. The summed E-state index contributed by atoms with van der Waals surface area (Å²) in [6, 6.07) is 8.60. The number of ether oxygens (including phenoxy) is 2. The van der Waals surface area contributed by atoms with Gasteiger partial charge in [0.1, 0.15) is 24.8 Å². The molecule has 37 heavy (non-hydrogen) atoms. The molecule has 4 rings (SSSR count). The second kappa shape index (κ2) is 11.9. The molecule has 10 nitrogen and oxygen atoms in total. The lowest BCUT2D eigenvalue weighted by Gasteiger charge is -2.18. The maximum atomic E-state index is 11.6. The highest BCUT2D eigenvalue weighted by atomic mass is 16.5. The Kier molecular flexibility index (Phi) is 8.39. The third-order valence-electron chi connectivity index (χ3n) is 6.43. The number of aliphatic imine (C=N–C) groups is 1. The summed E-state index contributed by atoms with van der Waals surface area (Å²) in [5.41, 5.74) is 3.51. The van der Waals surface area contributed by atoms with E-state index in [9.17, 15) is 9.90 Å². The van der Waals surface area contributed by atoms with Gasteiger partial charge in [-0.2, -0.15) is 0 Å². The Morgan fingerprint density at radius 2 is 1.86 bits per heavy atom. The summed E-state index contributed by atoms with van der Waals surface area (Å²) in [6.45, 7) is 9.11. The summed E-state index contributed by atoms with van der Waals surface area (Å²) in [4.78, 5) is 27.1. The molecule has 1 aromatic heterocycles. The molecule has 0 radical (unpaired) electrons. The summed E-state index contributed by atoms with van der Waals surface area (Å²) < 4.78 is 11.7. The molecule has 0 bridgehead atoms. The monoisotopic (exact) mass is 506 g/mol. The number of fused-ring (bicyclic) bond motifs is 1. The average Bonchev–Trinajstić information content (AvgIpc) is 3.39. The second-order valence-electron chi connectivity index (χ2n) is 9.15. The van der Waals surface area contributed by atoms with E-state index in [-0.39, 0.29) is 5.96 Å². The van der Waals surface area contributed by atoms with Gasteiger partial charge in [-0.05, 0) is 63.9 Å². The van der Waals surface area contributed by atoms with E-state index in [4.69, 9.17) is 9.47 Å². The number of carboxylic acids is 1. The number of hydrogen-bond acceptors (Lipinski definition) is 7. The molecule has 0 saturated carbocycles. The summed E-state index contributed by atoms with van der Waals surface area (Å²) in [5, 5.41) is 16.6. The zero-order valence-corrected chi connectivity index (χ0v) is 21.7. The smallest absolute Gasteiger partial charge is 0.328 e. The molecule has 1 aliphatic rings. The van der Waals surface area contributed by atoms with Crippen molar-refractivity contribution in [3.05, 3.63) is 47.8 Å². The first-order valence-corrected chi connectivity index (χ1v) is 12.4. The molecule has 2 aromatic carbocycles. The predicted molar refractivity (Wildman–Crippen MR) is 145 cm³/mol. The number of aromatic nitrogens is 2. The summed E-state index contributed by atoms with van der Waals surface area (Å²) in [5.74, 6) is 0.861. The van der Waals surface area contributed by atoms with Crippen molar-refractivity contribution < 1.29 is 19.4 Å². The number of guanidine groups is 1. The summed E-state index contributed by atoms with van der Waals surface area (Å²) >= 11 is 0. The number of anilines is 2. The van der Waals surface area contributed by atoms with Crippen molar-refractivity contribution >= 4 is 34.3 Å². The van der Waals surface area contributed by atoms with Gasteiger partial charge in [-0.15, -0.1) is 0 Å². The molecule has 3 N–H and O–H groups in total. The number of likely N-dealkylation sites (tertiary alicyclic amines) is 1. The van der Waals surface area contributed by atoms with Gasteiger partial charge in [-0.25, -0.2) is 19.8 Å². The zero-order valence-electron chi connectivity index (χ0n) is 21.7. The van der Waals surface area contributed by atoms with E-state index in [1.165, 1.54) is 26.1 Å². The van der Waals surface area contributed by atoms with Crippen molar-refractivity contribution in [2.45, 2.75) is 39.7 Å². The summed E-state index contributed by atoms with van der Waals surface area (Å²) in [7, 11) is 1.59. The molecule has 0 aliphatic carbocycles. The normalized spacial score (nSPS) is 15.0. The van der Waals surface area contributed by atoms with Crippen LogP contribution in [0.5, 0.6) is 11.5 Å². The number of aliphatic carboxylic acids is 1. The quantitative estimate of drug-likeness (QED) is 0.291. The van der Waals surface area contributed by atoms with Crippen LogP contribution in [0, 0.1) is 13.8 Å². The largest absolute Gasteiger partial charge is 0.493 e. The standard InChI is InChI=1S/C27H34N6O4/c1-17-8-7-9-18(2)24(17)31-27(30-19(3)26(34)35)32-25-20-14-22(36-4)23(15-21(20)28-16-29-25)37-13-12-33-10-5-6-11-33/h7-9,14-16,19H,5-6,10-13H2,1-4H3,(H,34,35)(H2,28,29,30,31,32). The lowest BCUT2D eigenvalue weighted by Crippen LogP contribution is -2.28. The number of hydrogen-bond donors (Lipinski definition) is 3. The Morgan fingerprint density at radius 3 is 2.54 bits per heavy atom. The lowest BCUT2D eigenvalue weighted by atomic mass is 10.1. The number of rotatable bonds is 9. The summed E-state index contributed by atoms with van der Waals surface area (Å²) in [6.07, 6.45) is 3.92. The van der Waals surface area contributed by atoms with Gasteiger partial charge < -0.3 is 25.2 Å². The number of carbonyl (C=O) groups is 1. The molecule has 196 valence electrons. The molecule has 1 saturated heterocycles. The number of nitrogens with zero attached hydrogens (tertiary/aromatic N) is 4. The van der Waals surface area contributed by atoms with E-state index in [1.54, 1.807) is 7.11 Å². The maximum absolute atomic E-state index is 11.6. The fourth-order valence-electron chi connectivity index (χ4n) is 4.31. The number of methoxy groups -OCH3 is 1. The Bertz CT molecular complexity index is 1270. The third kappa shape index (κ3) is 6.45. The Hall–Kier alpha value is -3.92. The van der Waals surface area contributed by atoms with Crippen LogP contribution < -0.4 is 20.1 Å². The fraction of sp³-hybridized carbons (Fsp3) is 0.407. The van der Waals surface area contributed by atoms with Gasteiger partial charge >= 0.3 is 5.97 Å². The average molecular weight is 507 g/mol. The van der Waals surface area contributed by atoms with Crippen molar-refractivity contribution in [1.82, 2.24) is 14.9 Å². The Morgan fingerprint density at radius 1 is 1.14 bits per heavy atom. The lowest BCUT2D eigenvalue weighted by molar-refractivity contribution is -0.137. The van der Waals surface area contributed by atoms with Crippen LogP contribution in [-0.2, 0) is 4.79 Å². The first-order chi connectivity index (χ1) is 17.9. The first-order valence-electron chi connectivity index (χ1n) is 12.4. The van der Waals surface area contributed by atoms with Crippen LogP contribution in [0.15, 0.2) is 41.7 Å². The molecule has 3 aromatic rings.